The highest BCUT2D eigenvalue weighted by Crippen LogP contribution is 2.17. The van der Waals surface area contributed by atoms with Gasteiger partial charge in [0.05, 0.1) is 17.1 Å². The lowest BCUT2D eigenvalue weighted by molar-refractivity contribution is -0.121. The molecule has 1 unspecified atom stereocenters. The van der Waals surface area contributed by atoms with E-state index in [-0.39, 0.29) is 11.9 Å². The van der Waals surface area contributed by atoms with Gasteiger partial charge in [-0.25, -0.2) is 4.98 Å². The van der Waals surface area contributed by atoms with Crippen LogP contribution in [0.2, 0.25) is 0 Å². The minimum absolute atomic E-state index is 0.0861. The fourth-order valence-corrected chi connectivity index (χ4v) is 2.07. The second-order valence-electron chi connectivity index (χ2n) is 5.04. The van der Waals surface area contributed by atoms with E-state index in [1.54, 1.807) is 0 Å². The summed E-state index contributed by atoms with van der Waals surface area (Å²) < 4.78 is 0. The molecule has 0 aliphatic carbocycles. The number of rotatable bonds is 5. The van der Waals surface area contributed by atoms with E-state index in [2.05, 4.69) is 35.2 Å². The Morgan fingerprint density at radius 2 is 2.26 bits per heavy atom. The number of H-pyrrole nitrogens is 1. The number of amides is 1. The summed E-state index contributed by atoms with van der Waals surface area (Å²) in [7, 11) is 0. The zero-order chi connectivity index (χ0) is 13.8. The summed E-state index contributed by atoms with van der Waals surface area (Å²) in [5.74, 6) is 0.899. The van der Waals surface area contributed by atoms with E-state index in [9.17, 15) is 4.79 Å². The number of aromatic nitrogens is 2. The van der Waals surface area contributed by atoms with Crippen molar-refractivity contribution in [1.82, 2.24) is 15.3 Å². The van der Waals surface area contributed by atoms with Crippen molar-refractivity contribution in [1.29, 1.82) is 0 Å². The summed E-state index contributed by atoms with van der Waals surface area (Å²) in [6.07, 6.45) is 2.55. The van der Waals surface area contributed by atoms with Gasteiger partial charge in [-0.05, 0) is 38.0 Å². The number of aromatic amines is 1. The van der Waals surface area contributed by atoms with Crippen LogP contribution in [0.3, 0.4) is 0 Å². The number of aryl methyl sites for hydroxylation is 1. The van der Waals surface area contributed by atoms with Crippen molar-refractivity contribution < 1.29 is 4.79 Å². The summed E-state index contributed by atoms with van der Waals surface area (Å²) in [5, 5.41) is 2.97. The van der Waals surface area contributed by atoms with Crippen LogP contribution < -0.4 is 5.32 Å². The van der Waals surface area contributed by atoms with Gasteiger partial charge < -0.3 is 10.3 Å². The number of hydrogen-bond donors (Lipinski definition) is 2. The predicted molar refractivity (Wildman–Crippen MR) is 76.9 cm³/mol. The van der Waals surface area contributed by atoms with E-state index >= 15 is 0 Å². The molecule has 0 radical (unpaired) electrons. The second-order valence-corrected chi connectivity index (χ2v) is 5.04. The number of imidazole rings is 1. The molecule has 0 aliphatic heterocycles. The van der Waals surface area contributed by atoms with E-state index in [1.165, 1.54) is 5.56 Å². The van der Waals surface area contributed by atoms with Crippen LogP contribution in [-0.4, -0.2) is 15.9 Å². The molecule has 0 spiro atoms. The van der Waals surface area contributed by atoms with Crippen molar-refractivity contribution in [2.24, 2.45) is 0 Å². The molecular formula is C15H21N3O. The van der Waals surface area contributed by atoms with Crippen molar-refractivity contribution in [3.63, 3.8) is 0 Å². The molecule has 2 N–H and O–H groups in total. The third-order valence-corrected chi connectivity index (χ3v) is 3.20. The predicted octanol–water partition coefficient (Wildman–Crippen LogP) is 3.24. The first-order valence-electron chi connectivity index (χ1n) is 6.85. The third-order valence-electron chi connectivity index (χ3n) is 3.20. The summed E-state index contributed by atoms with van der Waals surface area (Å²) in [5.41, 5.74) is 3.15. The standard InChI is InChI=1S/C15H21N3O/c1-4-5-6-14(19)16-11(3)15-17-12-8-7-10(2)9-13(12)18-15/h7-9,11H,4-6H2,1-3H3,(H,16,19)(H,17,18). The molecule has 1 aromatic heterocycles. The molecule has 0 fully saturated rings. The first-order chi connectivity index (χ1) is 9.10. The van der Waals surface area contributed by atoms with Gasteiger partial charge in [0.15, 0.2) is 0 Å². The highest BCUT2D eigenvalue weighted by atomic mass is 16.1. The van der Waals surface area contributed by atoms with Gasteiger partial charge in [0.1, 0.15) is 5.82 Å². The normalized spacial score (nSPS) is 12.6. The molecule has 2 rings (SSSR count). The Kier molecular flexibility index (Phi) is 4.20. The summed E-state index contributed by atoms with van der Waals surface area (Å²) in [6.45, 7) is 6.09. The smallest absolute Gasteiger partial charge is 0.220 e. The highest BCUT2D eigenvalue weighted by Gasteiger charge is 2.13. The molecule has 0 bridgehead atoms. The molecule has 1 heterocycles. The Morgan fingerprint density at radius 3 is 3.00 bits per heavy atom. The maximum Gasteiger partial charge on any atom is 0.220 e. The number of fused-ring (bicyclic) bond motifs is 1. The van der Waals surface area contributed by atoms with Crippen LogP contribution in [0.15, 0.2) is 18.2 Å². The maximum atomic E-state index is 11.7. The molecule has 2 aromatic rings. The Labute approximate surface area is 113 Å². The van der Waals surface area contributed by atoms with Crippen molar-refractivity contribution in [3.05, 3.63) is 29.6 Å². The Hall–Kier alpha value is -1.84. The molecule has 4 nitrogen and oxygen atoms in total. The monoisotopic (exact) mass is 259 g/mol. The molecule has 1 aromatic carbocycles. The molecule has 0 saturated heterocycles. The highest BCUT2D eigenvalue weighted by molar-refractivity contribution is 5.77. The van der Waals surface area contributed by atoms with Crippen LogP contribution in [0.1, 0.15) is 50.5 Å². The van der Waals surface area contributed by atoms with Gasteiger partial charge in [-0.15, -0.1) is 0 Å². The van der Waals surface area contributed by atoms with Gasteiger partial charge in [0, 0.05) is 6.42 Å². The van der Waals surface area contributed by atoms with Gasteiger partial charge in [0.2, 0.25) is 5.91 Å². The molecule has 102 valence electrons. The Balaban J connectivity index is 2.08. The number of nitrogens with zero attached hydrogens (tertiary/aromatic N) is 1. The average molecular weight is 259 g/mol. The Bertz CT molecular complexity index is 574. The third kappa shape index (κ3) is 3.34. The molecular weight excluding hydrogens is 238 g/mol. The fraction of sp³-hybridized carbons (Fsp3) is 0.467. The van der Waals surface area contributed by atoms with Crippen LogP contribution in [0.4, 0.5) is 0 Å². The number of carbonyl (C=O) groups is 1. The largest absolute Gasteiger partial charge is 0.346 e. The zero-order valence-corrected chi connectivity index (χ0v) is 11.8. The van der Waals surface area contributed by atoms with E-state index in [4.69, 9.17) is 0 Å². The van der Waals surface area contributed by atoms with Crippen molar-refractivity contribution in [2.75, 3.05) is 0 Å². The minimum Gasteiger partial charge on any atom is -0.346 e. The lowest BCUT2D eigenvalue weighted by atomic mass is 10.2. The van der Waals surface area contributed by atoms with Gasteiger partial charge >= 0.3 is 0 Å². The SMILES string of the molecule is CCCCC(=O)NC(C)c1nc2ccc(C)cc2[nH]1. The molecule has 0 aliphatic rings. The number of carbonyl (C=O) groups excluding carboxylic acids is 1. The van der Waals surface area contributed by atoms with E-state index in [0.717, 1.165) is 29.7 Å². The second kappa shape index (κ2) is 5.87. The molecule has 4 heteroatoms. The average Bonchev–Trinajstić information content (AvgIpc) is 2.79. The van der Waals surface area contributed by atoms with Crippen molar-refractivity contribution in [3.8, 4) is 0 Å². The van der Waals surface area contributed by atoms with Crippen LogP contribution in [0.25, 0.3) is 11.0 Å². The van der Waals surface area contributed by atoms with Crippen molar-refractivity contribution >= 4 is 16.9 Å². The first kappa shape index (κ1) is 13.6. The zero-order valence-electron chi connectivity index (χ0n) is 11.8. The van der Waals surface area contributed by atoms with E-state index < -0.39 is 0 Å². The number of benzene rings is 1. The van der Waals surface area contributed by atoms with Crippen LogP contribution in [0, 0.1) is 6.92 Å². The molecule has 1 amide bonds. The molecule has 1 atom stereocenters. The lowest BCUT2D eigenvalue weighted by Crippen LogP contribution is -2.26. The van der Waals surface area contributed by atoms with Crippen molar-refractivity contribution in [2.45, 2.75) is 46.1 Å². The number of unbranched alkanes of at least 4 members (excludes halogenated alkanes) is 1. The lowest BCUT2D eigenvalue weighted by Gasteiger charge is -2.10. The topological polar surface area (TPSA) is 57.8 Å². The van der Waals surface area contributed by atoms with E-state index in [0.29, 0.717) is 6.42 Å². The Morgan fingerprint density at radius 1 is 1.47 bits per heavy atom. The van der Waals surface area contributed by atoms with Gasteiger partial charge in [-0.1, -0.05) is 19.4 Å². The van der Waals surface area contributed by atoms with Gasteiger partial charge in [0.25, 0.3) is 0 Å². The summed E-state index contributed by atoms with van der Waals surface area (Å²) in [4.78, 5) is 19.5. The number of nitrogens with one attached hydrogen (secondary N) is 2. The van der Waals surface area contributed by atoms with Crippen LogP contribution >= 0.6 is 0 Å². The van der Waals surface area contributed by atoms with Crippen LogP contribution in [-0.2, 0) is 4.79 Å². The maximum absolute atomic E-state index is 11.7. The molecule has 0 saturated carbocycles. The number of hydrogen-bond acceptors (Lipinski definition) is 2. The minimum atomic E-state index is -0.0861. The van der Waals surface area contributed by atoms with Gasteiger partial charge in [-0.3, -0.25) is 4.79 Å². The molecule has 19 heavy (non-hydrogen) atoms. The quantitative estimate of drug-likeness (QED) is 0.866. The fourth-order valence-electron chi connectivity index (χ4n) is 2.07. The summed E-state index contributed by atoms with van der Waals surface area (Å²) in [6, 6.07) is 6.02. The van der Waals surface area contributed by atoms with E-state index in [1.807, 2.05) is 19.1 Å². The van der Waals surface area contributed by atoms with Crippen LogP contribution in [0.5, 0.6) is 0 Å². The summed E-state index contributed by atoms with van der Waals surface area (Å²) >= 11 is 0. The first-order valence-corrected chi connectivity index (χ1v) is 6.85. The van der Waals surface area contributed by atoms with Gasteiger partial charge in [-0.2, -0.15) is 0 Å².